The van der Waals surface area contributed by atoms with Gasteiger partial charge in [-0.1, -0.05) is 42.5 Å². The van der Waals surface area contributed by atoms with Crippen LogP contribution in [0.5, 0.6) is 5.75 Å². The second-order valence-electron chi connectivity index (χ2n) is 6.77. The fourth-order valence-electron chi connectivity index (χ4n) is 3.62. The molecule has 0 fully saturated rings. The molecule has 0 radical (unpaired) electrons. The molecule has 0 unspecified atom stereocenters. The van der Waals surface area contributed by atoms with Crippen LogP contribution in [0.3, 0.4) is 0 Å². The van der Waals surface area contributed by atoms with Crippen LogP contribution in [0.25, 0.3) is 33.4 Å². The van der Waals surface area contributed by atoms with Crippen LogP contribution in [-0.2, 0) is 0 Å². The average molecular weight is 368 g/mol. The zero-order chi connectivity index (χ0) is 18.8. The van der Waals surface area contributed by atoms with E-state index in [2.05, 4.69) is 44.6 Å². The molecule has 28 heavy (non-hydrogen) atoms. The number of nitrogens with one attached hydrogen (secondary N) is 2. The minimum absolute atomic E-state index is 0.228. The molecule has 1 aliphatic rings. The van der Waals surface area contributed by atoms with Gasteiger partial charge in [0.05, 0.1) is 29.0 Å². The Morgan fingerprint density at radius 3 is 2.82 bits per heavy atom. The molecule has 5 nitrogen and oxygen atoms in total. The van der Waals surface area contributed by atoms with Gasteiger partial charge in [0.15, 0.2) is 0 Å². The molecule has 0 saturated heterocycles. The Morgan fingerprint density at radius 2 is 1.96 bits per heavy atom. The first kappa shape index (κ1) is 16.7. The number of fused-ring (bicyclic) bond motifs is 1. The van der Waals surface area contributed by atoms with Crippen molar-refractivity contribution in [2.24, 2.45) is 0 Å². The largest absolute Gasteiger partial charge is 0.489 e. The number of aromatic amines is 1. The number of H-pyrrole nitrogens is 1. The zero-order valence-corrected chi connectivity index (χ0v) is 15.3. The first-order chi connectivity index (χ1) is 13.9. The zero-order valence-electron chi connectivity index (χ0n) is 15.3. The first-order valence-electron chi connectivity index (χ1n) is 9.39. The summed E-state index contributed by atoms with van der Waals surface area (Å²) in [5.41, 5.74) is 6.11. The highest BCUT2D eigenvalue weighted by Gasteiger charge is 2.19. The lowest BCUT2D eigenvalue weighted by Gasteiger charge is -2.14. The molecule has 1 aromatic carbocycles. The number of hydrogen-bond donors (Lipinski definition) is 2. The number of benzene rings is 1. The van der Waals surface area contributed by atoms with Gasteiger partial charge in [-0.2, -0.15) is 0 Å². The minimum atomic E-state index is 0.228. The van der Waals surface area contributed by atoms with Gasteiger partial charge in [0.25, 0.3) is 0 Å². The van der Waals surface area contributed by atoms with Gasteiger partial charge in [-0.05, 0) is 23.8 Å². The van der Waals surface area contributed by atoms with Gasteiger partial charge >= 0.3 is 0 Å². The van der Waals surface area contributed by atoms with E-state index in [0.717, 1.165) is 45.7 Å². The Labute approximate surface area is 163 Å². The maximum absolute atomic E-state index is 6.15. The van der Waals surface area contributed by atoms with Crippen LogP contribution in [0.15, 0.2) is 79.3 Å². The van der Waals surface area contributed by atoms with Crippen molar-refractivity contribution in [1.82, 2.24) is 20.3 Å². The van der Waals surface area contributed by atoms with E-state index in [1.165, 1.54) is 0 Å². The Balaban J connectivity index is 1.63. The van der Waals surface area contributed by atoms with E-state index in [-0.39, 0.29) is 6.04 Å². The van der Waals surface area contributed by atoms with Crippen molar-refractivity contribution in [2.45, 2.75) is 6.04 Å². The van der Waals surface area contributed by atoms with Crippen LogP contribution in [0, 0.1) is 0 Å². The summed E-state index contributed by atoms with van der Waals surface area (Å²) >= 11 is 0. The van der Waals surface area contributed by atoms with E-state index < -0.39 is 0 Å². The van der Waals surface area contributed by atoms with Gasteiger partial charge < -0.3 is 15.0 Å². The smallest absolute Gasteiger partial charge is 0.147 e. The predicted octanol–water partition coefficient (Wildman–Crippen LogP) is 4.20. The molecule has 3 aromatic heterocycles. The molecule has 0 saturated carbocycles. The molecule has 4 aromatic rings. The summed E-state index contributed by atoms with van der Waals surface area (Å²) in [6, 6.07) is 16.5. The number of ether oxygens (including phenoxy) is 1. The van der Waals surface area contributed by atoms with Crippen molar-refractivity contribution < 1.29 is 4.74 Å². The van der Waals surface area contributed by atoms with Crippen molar-refractivity contribution >= 4 is 11.0 Å². The van der Waals surface area contributed by atoms with Gasteiger partial charge in [-0.25, -0.2) is 0 Å². The van der Waals surface area contributed by atoms with Gasteiger partial charge in [0.1, 0.15) is 12.4 Å². The SMILES string of the molecule is C1=C[C@@H](COc2cnccc2-c2[nH]c3cccnc3c2-c2ccccc2)NC1. The monoisotopic (exact) mass is 368 g/mol. The van der Waals surface area contributed by atoms with Crippen molar-refractivity contribution in [1.29, 1.82) is 0 Å². The Hall–Kier alpha value is -3.44. The van der Waals surface area contributed by atoms with Crippen LogP contribution < -0.4 is 10.1 Å². The van der Waals surface area contributed by atoms with E-state index in [4.69, 9.17) is 4.74 Å². The van der Waals surface area contributed by atoms with E-state index in [9.17, 15) is 0 Å². The molecular formula is C23H20N4O. The highest BCUT2D eigenvalue weighted by Crippen LogP contribution is 2.40. The summed E-state index contributed by atoms with van der Waals surface area (Å²) in [7, 11) is 0. The molecule has 0 aliphatic carbocycles. The molecule has 0 bridgehead atoms. The summed E-state index contributed by atoms with van der Waals surface area (Å²) in [6.07, 6.45) is 9.66. The summed E-state index contributed by atoms with van der Waals surface area (Å²) < 4.78 is 6.15. The minimum Gasteiger partial charge on any atom is -0.489 e. The summed E-state index contributed by atoms with van der Waals surface area (Å²) in [5, 5.41) is 3.37. The second-order valence-corrected chi connectivity index (χ2v) is 6.77. The van der Waals surface area contributed by atoms with Crippen LogP contribution in [0.2, 0.25) is 0 Å². The lowest BCUT2D eigenvalue weighted by molar-refractivity contribution is 0.293. The third-order valence-corrected chi connectivity index (χ3v) is 4.96. The lowest BCUT2D eigenvalue weighted by atomic mass is 10.0. The topological polar surface area (TPSA) is 62.8 Å². The Kier molecular flexibility index (Phi) is 4.35. The number of rotatable bonds is 5. The van der Waals surface area contributed by atoms with E-state index in [1.807, 2.05) is 42.6 Å². The van der Waals surface area contributed by atoms with Gasteiger partial charge in [0.2, 0.25) is 0 Å². The molecule has 5 rings (SSSR count). The third kappa shape index (κ3) is 3.06. The maximum Gasteiger partial charge on any atom is 0.147 e. The number of nitrogens with zero attached hydrogens (tertiary/aromatic N) is 2. The van der Waals surface area contributed by atoms with Crippen LogP contribution in [0.4, 0.5) is 0 Å². The predicted molar refractivity (Wildman–Crippen MR) is 111 cm³/mol. The number of hydrogen-bond acceptors (Lipinski definition) is 4. The second kappa shape index (κ2) is 7.29. The third-order valence-electron chi connectivity index (χ3n) is 4.96. The van der Waals surface area contributed by atoms with Crippen LogP contribution in [-0.4, -0.2) is 34.1 Å². The van der Waals surface area contributed by atoms with Crippen molar-refractivity contribution in [3.05, 3.63) is 79.3 Å². The highest BCUT2D eigenvalue weighted by molar-refractivity contribution is 6.02. The molecule has 1 aliphatic heterocycles. The normalized spacial score (nSPS) is 15.9. The van der Waals surface area contributed by atoms with Gasteiger partial charge in [-0.15, -0.1) is 0 Å². The van der Waals surface area contributed by atoms with Crippen molar-refractivity contribution in [3.63, 3.8) is 0 Å². The van der Waals surface area contributed by atoms with E-state index in [0.29, 0.717) is 6.61 Å². The summed E-state index contributed by atoms with van der Waals surface area (Å²) in [5.74, 6) is 0.758. The molecule has 0 spiro atoms. The quantitative estimate of drug-likeness (QED) is 0.518. The molecule has 138 valence electrons. The number of aromatic nitrogens is 3. The average Bonchev–Trinajstić information content (AvgIpc) is 3.41. The fourth-order valence-corrected chi connectivity index (χ4v) is 3.62. The molecule has 1 atom stereocenters. The first-order valence-corrected chi connectivity index (χ1v) is 9.39. The highest BCUT2D eigenvalue weighted by atomic mass is 16.5. The van der Waals surface area contributed by atoms with Crippen LogP contribution >= 0.6 is 0 Å². The standard InChI is InChI=1S/C23H20N4O/c1-2-6-16(7-3-1)21-22(27-19-9-5-12-26-23(19)21)18-10-13-24-14-20(18)28-15-17-8-4-11-25-17/h1-10,12-14,17,25,27H,11,15H2/t17-/m0/s1. The maximum atomic E-state index is 6.15. The summed E-state index contributed by atoms with van der Waals surface area (Å²) in [4.78, 5) is 12.5. The Morgan fingerprint density at radius 1 is 1.04 bits per heavy atom. The molecule has 0 amide bonds. The number of pyridine rings is 2. The fraction of sp³-hybridized carbons (Fsp3) is 0.130. The molecule has 4 heterocycles. The lowest BCUT2D eigenvalue weighted by Crippen LogP contribution is -2.28. The van der Waals surface area contributed by atoms with E-state index in [1.54, 1.807) is 12.4 Å². The van der Waals surface area contributed by atoms with Crippen molar-refractivity contribution in [2.75, 3.05) is 13.2 Å². The van der Waals surface area contributed by atoms with Gasteiger partial charge in [0, 0.05) is 30.1 Å². The molecule has 5 heteroatoms. The van der Waals surface area contributed by atoms with E-state index >= 15 is 0 Å². The van der Waals surface area contributed by atoms with Gasteiger partial charge in [-0.3, -0.25) is 9.97 Å². The Bertz CT molecular complexity index is 1130. The van der Waals surface area contributed by atoms with Crippen molar-refractivity contribution in [3.8, 4) is 28.1 Å². The molecular weight excluding hydrogens is 348 g/mol. The van der Waals surface area contributed by atoms with Crippen LogP contribution in [0.1, 0.15) is 0 Å². The summed E-state index contributed by atoms with van der Waals surface area (Å²) in [6.45, 7) is 1.45. The molecule has 2 N–H and O–H groups in total.